The first kappa shape index (κ1) is 15.6. The number of amides is 1. The standard InChI is InChI=1S/C5H12O3S.C3H5NO/c1-3-4-5-9(6,7)8-2;1-2-3(4)5/h3-5H2,1-2H3;2H,1H2,(H2,4,5). The summed E-state index contributed by atoms with van der Waals surface area (Å²) < 4.78 is 25.3. The minimum Gasteiger partial charge on any atom is -0.366 e. The van der Waals surface area contributed by atoms with E-state index in [0.29, 0.717) is 6.42 Å². The first-order valence-electron chi connectivity index (χ1n) is 4.09. The summed E-state index contributed by atoms with van der Waals surface area (Å²) in [6, 6.07) is 0. The van der Waals surface area contributed by atoms with Crippen molar-refractivity contribution in [2.24, 2.45) is 5.73 Å². The molecule has 0 aromatic carbocycles. The number of carbonyl (C=O) groups excluding carboxylic acids is 1. The molecule has 0 rings (SSSR count). The normalized spacial score (nSPS) is 9.86. The van der Waals surface area contributed by atoms with Crippen molar-refractivity contribution < 1.29 is 17.4 Å². The van der Waals surface area contributed by atoms with Gasteiger partial charge in [-0.1, -0.05) is 19.9 Å². The van der Waals surface area contributed by atoms with Gasteiger partial charge in [0.15, 0.2) is 0 Å². The molecule has 0 aliphatic heterocycles. The van der Waals surface area contributed by atoms with Crippen LogP contribution in [0, 0.1) is 0 Å². The molecule has 6 heteroatoms. The lowest BCUT2D eigenvalue weighted by atomic mass is 10.4. The fraction of sp³-hybridized carbons (Fsp3) is 0.625. The first-order valence-corrected chi connectivity index (χ1v) is 5.67. The molecule has 0 heterocycles. The zero-order valence-electron chi connectivity index (χ0n) is 8.52. The topological polar surface area (TPSA) is 86.5 Å². The summed E-state index contributed by atoms with van der Waals surface area (Å²) in [6.07, 6.45) is 2.61. The van der Waals surface area contributed by atoms with E-state index in [1.807, 2.05) is 6.92 Å². The van der Waals surface area contributed by atoms with Crippen LogP contribution >= 0.6 is 0 Å². The van der Waals surface area contributed by atoms with E-state index in [1.165, 1.54) is 7.11 Å². The molecular weight excluding hydrogens is 206 g/mol. The molecule has 0 unspecified atom stereocenters. The summed E-state index contributed by atoms with van der Waals surface area (Å²) in [7, 11) is -2.00. The van der Waals surface area contributed by atoms with Crippen LogP contribution in [0.25, 0.3) is 0 Å². The van der Waals surface area contributed by atoms with Gasteiger partial charge in [0.2, 0.25) is 5.91 Å². The third-order valence-corrected chi connectivity index (χ3v) is 2.50. The predicted octanol–water partition coefficient (Wildman–Crippen LogP) is 0.420. The van der Waals surface area contributed by atoms with Gasteiger partial charge < -0.3 is 5.73 Å². The average Bonchev–Trinajstić information content (AvgIpc) is 2.16. The number of rotatable bonds is 5. The summed E-state index contributed by atoms with van der Waals surface area (Å²) in [4.78, 5) is 9.47. The quantitative estimate of drug-likeness (QED) is 0.540. The van der Waals surface area contributed by atoms with Crippen molar-refractivity contribution in [2.45, 2.75) is 19.8 Å². The van der Waals surface area contributed by atoms with E-state index in [9.17, 15) is 13.2 Å². The van der Waals surface area contributed by atoms with Crippen LogP contribution in [0.2, 0.25) is 0 Å². The Morgan fingerprint density at radius 3 is 2.21 bits per heavy atom. The number of nitrogens with two attached hydrogens (primary N) is 1. The smallest absolute Gasteiger partial charge is 0.267 e. The second kappa shape index (κ2) is 8.71. The molecule has 0 spiro atoms. The largest absolute Gasteiger partial charge is 0.366 e. The lowest BCUT2D eigenvalue weighted by Crippen LogP contribution is -2.06. The molecule has 0 fully saturated rings. The van der Waals surface area contributed by atoms with Crippen molar-refractivity contribution in [2.75, 3.05) is 12.9 Å². The molecule has 1 amide bonds. The molecular formula is C8H17NO4S. The Kier molecular flexibility index (Phi) is 9.69. The molecule has 5 nitrogen and oxygen atoms in total. The van der Waals surface area contributed by atoms with Crippen LogP contribution in [0.5, 0.6) is 0 Å². The van der Waals surface area contributed by atoms with Crippen molar-refractivity contribution in [3.63, 3.8) is 0 Å². The van der Waals surface area contributed by atoms with E-state index in [0.717, 1.165) is 12.5 Å². The summed E-state index contributed by atoms with van der Waals surface area (Å²) in [5, 5.41) is 0. The first-order chi connectivity index (χ1) is 6.39. The SMILES string of the molecule is C=CC(N)=O.CCCCS(=O)(=O)OC. The van der Waals surface area contributed by atoms with Crippen LogP contribution in [0.15, 0.2) is 12.7 Å². The maximum absolute atomic E-state index is 10.5. The van der Waals surface area contributed by atoms with Gasteiger partial charge in [0.05, 0.1) is 12.9 Å². The van der Waals surface area contributed by atoms with Gasteiger partial charge in [0, 0.05) is 0 Å². The van der Waals surface area contributed by atoms with Crippen molar-refractivity contribution in [3.8, 4) is 0 Å². The van der Waals surface area contributed by atoms with E-state index < -0.39 is 16.0 Å². The van der Waals surface area contributed by atoms with Gasteiger partial charge in [0.1, 0.15) is 0 Å². The fourth-order valence-corrected chi connectivity index (χ4v) is 1.21. The number of unbranched alkanes of at least 4 members (excludes halogenated alkanes) is 1. The molecule has 0 aliphatic carbocycles. The molecule has 14 heavy (non-hydrogen) atoms. The Bertz CT molecular complexity index is 259. The predicted molar refractivity (Wildman–Crippen MR) is 55.1 cm³/mol. The van der Waals surface area contributed by atoms with E-state index in [-0.39, 0.29) is 5.75 Å². The van der Waals surface area contributed by atoms with Crippen LogP contribution < -0.4 is 5.73 Å². The van der Waals surface area contributed by atoms with E-state index in [2.05, 4.69) is 16.5 Å². The van der Waals surface area contributed by atoms with Gasteiger partial charge in [0.25, 0.3) is 10.1 Å². The van der Waals surface area contributed by atoms with Crippen LogP contribution in [0.4, 0.5) is 0 Å². The van der Waals surface area contributed by atoms with Crippen LogP contribution in [-0.2, 0) is 19.1 Å². The highest BCUT2D eigenvalue weighted by Crippen LogP contribution is 1.95. The van der Waals surface area contributed by atoms with Crippen molar-refractivity contribution in [1.29, 1.82) is 0 Å². The summed E-state index contributed by atoms with van der Waals surface area (Å²) >= 11 is 0. The summed E-state index contributed by atoms with van der Waals surface area (Å²) in [5.41, 5.74) is 4.53. The van der Waals surface area contributed by atoms with E-state index in [4.69, 9.17) is 0 Å². The number of carbonyl (C=O) groups is 1. The maximum atomic E-state index is 10.5. The Hall–Kier alpha value is -0.880. The molecule has 84 valence electrons. The molecule has 0 atom stereocenters. The second-order valence-electron chi connectivity index (χ2n) is 2.39. The Morgan fingerprint density at radius 1 is 1.57 bits per heavy atom. The molecule has 0 radical (unpaired) electrons. The van der Waals surface area contributed by atoms with Crippen molar-refractivity contribution >= 4 is 16.0 Å². The Labute approximate surface area is 85.1 Å². The molecule has 0 saturated heterocycles. The third kappa shape index (κ3) is 13.7. The van der Waals surface area contributed by atoms with Crippen molar-refractivity contribution in [3.05, 3.63) is 12.7 Å². The van der Waals surface area contributed by atoms with Gasteiger partial charge in [-0.3, -0.25) is 8.98 Å². The highest BCUT2D eigenvalue weighted by molar-refractivity contribution is 7.86. The zero-order chi connectivity index (χ0) is 11.6. The van der Waals surface area contributed by atoms with Gasteiger partial charge >= 0.3 is 0 Å². The minimum atomic E-state index is -3.18. The zero-order valence-corrected chi connectivity index (χ0v) is 9.34. The molecule has 0 aromatic heterocycles. The fourth-order valence-electron chi connectivity index (χ4n) is 0.404. The van der Waals surface area contributed by atoms with Crippen LogP contribution in [0.1, 0.15) is 19.8 Å². The third-order valence-electron chi connectivity index (χ3n) is 1.20. The van der Waals surface area contributed by atoms with Gasteiger partial charge in [-0.05, 0) is 12.5 Å². The summed E-state index contributed by atoms with van der Waals surface area (Å²) in [6.45, 7) is 5.02. The Morgan fingerprint density at radius 2 is 2.00 bits per heavy atom. The van der Waals surface area contributed by atoms with Gasteiger partial charge in [-0.2, -0.15) is 8.42 Å². The second-order valence-corrected chi connectivity index (χ2v) is 4.25. The highest BCUT2D eigenvalue weighted by Gasteiger charge is 2.05. The van der Waals surface area contributed by atoms with Crippen molar-refractivity contribution in [1.82, 2.24) is 0 Å². The van der Waals surface area contributed by atoms with Crippen LogP contribution in [0.3, 0.4) is 0 Å². The minimum absolute atomic E-state index is 0.139. The van der Waals surface area contributed by atoms with Gasteiger partial charge in [-0.25, -0.2) is 0 Å². The number of primary amides is 1. The van der Waals surface area contributed by atoms with E-state index in [1.54, 1.807) is 0 Å². The monoisotopic (exact) mass is 223 g/mol. The highest BCUT2D eigenvalue weighted by atomic mass is 32.2. The number of hydrogen-bond donors (Lipinski definition) is 1. The molecule has 0 saturated carbocycles. The average molecular weight is 223 g/mol. The molecule has 0 aromatic rings. The lowest BCUT2D eigenvalue weighted by Gasteiger charge is -1.96. The Balaban J connectivity index is 0. The molecule has 2 N–H and O–H groups in total. The maximum Gasteiger partial charge on any atom is 0.267 e. The van der Waals surface area contributed by atoms with E-state index >= 15 is 0 Å². The molecule has 0 aliphatic rings. The van der Waals surface area contributed by atoms with Gasteiger partial charge in [-0.15, -0.1) is 0 Å². The summed E-state index contributed by atoms with van der Waals surface area (Å²) in [5.74, 6) is -0.343. The lowest BCUT2D eigenvalue weighted by molar-refractivity contribution is -0.113. The number of hydrogen-bond acceptors (Lipinski definition) is 4. The van der Waals surface area contributed by atoms with Crippen LogP contribution in [-0.4, -0.2) is 27.2 Å². The molecule has 0 bridgehead atoms.